The van der Waals surface area contributed by atoms with Crippen molar-refractivity contribution >= 4 is 23.4 Å². The van der Waals surface area contributed by atoms with Gasteiger partial charge in [-0.15, -0.1) is 11.8 Å². The standard InChI is InChI=1S/C15H21ClN2S/c16-12-3-4-15-13(11-12)14(5-10-19-15)17-6-9-18-7-1-2-8-18/h3-4,11,14,17H,1-2,5-10H2. The zero-order valence-corrected chi connectivity index (χ0v) is 12.8. The zero-order chi connectivity index (χ0) is 13.1. The van der Waals surface area contributed by atoms with Gasteiger partial charge in [0.1, 0.15) is 0 Å². The van der Waals surface area contributed by atoms with Gasteiger partial charge in [-0.2, -0.15) is 0 Å². The molecule has 0 aliphatic carbocycles. The molecule has 0 spiro atoms. The van der Waals surface area contributed by atoms with E-state index in [9.17, 15) is 0 Å². The van der Waals surface area contributed by atoms with Gasteiger partial charge in [0.2, 0.25) is 0 Å². The SMILES string of the molecule is Clc1ccc2c(c1)C(NCCN1CCCC1)CCS2. The van der Waals surface area contributed by atoms with E-state index in [-0.39, 0.29) is 0 Å². The van der Waals surface area contributed by atoms with E-state index in [0.29, 0.717) is 6.04 Å². The van der Waals surface area contributed by atoms with Crippen LogP contribution < -0.4 is 5.32 Å². The van der Waals surface area contributed by atoms with Crippen LogP contribution in [0.2, 0.25) is 5.02 Å². The maximum Gasteiger partial charge on any atom is 0.0410 e. The average molecular weight is 297 g/mol. The third kappa shape index (κ3) is 3.46. The van der Waals surface area contributed by atoms with Crippen molar-refractivity contribution in [1.29, 1.82) is 0 Å². The van der Waals surface area contributed by atoms with Crippen LogP contribution in [0.25, 0.3) is 0 Å². The Morgan fingerprint density at radius 2 is 2.16 bits per heavy atom. The lowest BCUT2D eigenvalue weighted by Crippen LogP contribution is -2.33. The normalized spacial score (nSPS) is 23.5. The molecule has 0 aromatic heterocycles. The Bertz CT molecular complexity index is 432. The van der Waals surface area contributed by atoms with Crippen LogP contribution >= 0.6 is 23.4 Å². The number of thioether (sulfide) groups is 1. The lowest BCUT2D eigenvalue weighted by atomic mass is 10.0. The summed E-state index contributed by atoms with van der Waals surface area (Å²) in [7, 11) is 0. The molecule has 104 valence electrons. The summed E-state index contributed by atoms with van der Waals surface area (Å²) in [4.78, 5) is 3.96. The van der Waals surface area contributed by atoms with Gasteiger partial charge in [-0.25, -0.2) is 0 Å². The van der Waals surface area contributed by atoms with Gasteiger partial charge in [-0.05, 0) is 61.9 Å². The van der Waals surface area contributed by atoms with Crippen LogP contribution in [-0.2, 0) is 0 Å². The van der Waals surface area contributed by atoms with E-state index in [1.54, 1.807) is 0 Å². The Labute approximate surface area is 124 Å². The monoisotopic (exact) mass is 296 g/mol. The second-order valence-electron chi connectivity index (χ2n) is 5.37. The fraction of sp³-hybridized carbons (Fsp3) is 0.600. The van der Waals surface area contributed by atoms with E-state index in [1.165, 1.54) is 55.1 Å². The van der Waals surface area contributed by atoms with E-state index in [0.717, 1.165) is 11.6 Å². The molecule has 1 fully saturated rings. The predicted octanol–water partition coefficient (Wildman–Crippen LogP) is 3.56. The van der Waals surface area contributed by atoms with E-state index >= 15 is 0 Å². The van der Waals surface area contributed by atoms with Gasteiger partial charge < -0.3 is 10.2 Å². The molecule has 1 saturated heterocycles. The summed E-state index contributed by atoms with van der Waals surface area (Å²) in [6.45, 7) is 4.83. The highest BCUT2D eigenvalue weighted by Gasteiger charge is 2.21. The molecule has 4 heteroatoms. The van der Waals surface area contributed by atoms with Gasteiger partial charge in [0.05, 0.1) is 0 Å². The first-order valence-corrected chi connectivity index (χ1v) is 8.57. The number of halogens is 1. The molecular formula is C15H21ClN2S. The Kier molecular flexibility index (Phi) is 4.69. The van der Waals surface area contributed by atoms with Gasteiger partial charge in [0, 0.05) is 29.0 Å². The number of benzene rings is 1. The second kappa shape index (κ2) is 6.49. The first kappa shape index (κ1) is 13.7. The topological polar surface area (TPSA) is 15.3 Å². The first-order chi connectivity index (χ1) is 9.33. The first-order valence-electron chi connectivity index (χ1n) is 7.21. The largest absolute Gasteiger partial charge is 0.309 e. The van der Waals surface area contributed by atoms with Crippen LogP contribution in [0.3, 0.4) is 0 Å². The second-order valence-corrected chi connectivity index (χ2v) is 6.95. The molecule has 2 heterocycles. The number of nitrogens with zero attached hydrogens (tertiary/aromatic N) is 1. The molecule has 1 atom stereocenters. The molecule has 1 aromatic rings. The highest BCUT2D eigenvalue weighted by molar-refractivity contribution is 7.99. The van der Waals surface area contributed by atoms with Crippen LogP contribution in [0.5, 0.6) is 0 Å². The van der Waals surface area contributed by atoms with E-state index in [2.05, 4.69) is 22.3 Å². The minimum absolute atomic E-state index is 0.484. The number of nitrogens with one attached hydrogen (secondary N) is 1. The minimum Gasteiger partial charge on any atom is -0.309 e. The summed E-state index contributed by atoms with van der Waals surface area (Å²) < 4.78 is 0. The number of likely N-dealkylation sites (tertiary alicyclic amines) is 1. The summed E-state index contributed by atoms with van der Waals surface area (Å²) in [5, 5.41) is 4.57. The predicted molar refractivity (Wildman–Crippen MR) is 83.2 cm³/mol. The summed E-state index contributed by atoms with van der Waals surface area (Å²) in [5.74, 6) is 1.20. The number of rotatable bonds is 4. The number of hydrogen-bond acceptors (Lipinski definition) is 3. The zero-order valence-electron chi connectivity index (χ0n) is 11.2. The van der Waals surface area contributed by atoms with Crippen molar-refractivity contribution in [2.24, 2.45) is 0 Å². The van der Waals surface area contributed by atoms with E-state index in [4.69, 9.17) is 11.6 Å². The third-order valence-corrected chi connectivity index (χ3v) is 5.39. The maximum atomic E-state index is 6.13. The molecular weight excluding hydrogens is 276 g/mol. The van der Waals surface area contributed by atoms with Crippen LogP contribution in [0.1, 0.15) is 30.9 Å². The Morgan fingerprint density at radius 1 is 1.32 bits per heavy atom. The molecule has 1 aromatic carbocycles. The van der Waals surface area contributed by atoms with Crippen molar-refractivity contribution in [2.45, 2.75) is 30.2 Å². The molecule has 1 N–H and O–H groups in total. The molecule has 19 heavy (non-hydrogen) atoms. The van der Waals surface area contributed by atoms with Crippen molar-refractivity contribution in [2.75, 3.05) is 31.9 Å². The molecule has 1 unspecified atom stereocenters. The highest BCUT2D eigenvalue weighted by Crippen LogP contribution is 2.37. The highest BCUT2D eigenvalue weighted by atomic mass is 35.5. The van der Waals surface area contributed by atoms with Gasteiger partial charge in [-0.3, -0.25) is 0 Å². The minimum atomic E-state index is 0.484. The molecule has 2 nitrogen and oxygen atoms in total. The molecule has 0 radical (unpaired) electrons. The van der Waals surface area contributed by atoms with Crippen LogP contribution in [-0.4, -0.2) is 36.8 Å². The number of fused-ring (bicyclic) bond motifs is 1. The molecule has 0 saturated carbocycles. The smallest absolute Gasteiger partial charge is 0.0410 e. The van der Waals surface area contributed by atoms with Crippen molar-refractivity contribution in [3.8, 4) is 0 Å². The summed E-state index contributed by atoms with van der Waals surface area (Å²) >= 11 is 8.09. The van der Waals surface area contributed by atoms with Crippen molar-refractivity contribution < 1.29 is 0 Å². The molecule has 2 aliphatic rings. The quantitative estimate of drug-likeness (QED) is 0.914. The summed E-state index contributed by atoms with van der Waals surface area (Å²) in [6, 6.07) is 6.78. The Morgan fingerprint density at radius 3 is 3.00 bits per heavy atom. The fourth-order valence-corrected chi connectivity index (χ4v) is 4.27. The van der Waals surface area contributed by atoms with Gasteiger partial charge in [0.15, 0.2) is 0 Å². The summed E-state index contributed by atoms with van der Waals surface area (Å²) in [5.41, 5.74) is 1.39. The number of hydrogen-bond donors (Lipinski definition) is 1. The Balaban J connectivity index is 1.58. The average Bonchev–Trinajstić information content (AvgIpc) is 2.92. The van der Waals surface area contributed by atoms with Gasteiger partial charge >= 0.3 is 0 Å². The van der Waals surface area contributed by atoms with Crippen molar-refractivity contribution in [1.82, 2.24) is 10.2 Å². The molecule has 2 aliphatic heterocycles. The third-order valence-electron chi connectivity index (χ3n) is 4.03. The van der Waals surface area contributed by atoms with Crippen molar-refractivity contribution in [3.63, 3.8) is 0 Å². The van der Waals surface area contributed by atoms with E-state index < -0.39 is 0 Å². The lowest BCUT2D eigenvalue weighted by molar-refractivity contribution is 0.326. The van der Waals surface area contributed by atoms with Gasteiger partial charge in [0.25, 0.3) is 0 Å². The van der Waals surface area contributed by atoms with Crippen LogP contribution in [0.4, 0.5) is 0 Å². The van der Waals surface area contributed by atoms with Crippen LogP contribution in [0.15, 0.2) is 23.1 Å². The maximum absolute atomic E-state index is 6.13. The van der Waals surface area contributed by atoms with E-state index in [1.807, 2.05) is 17.8 Å². The summed E-state index contributed by atoms with van der Waals surface area (Å²) in [6.07, 6.45) is 3.95. The molecule has 0 amide bonds. The van der Waals surface area contributed by atoms with Crippen LogP contribution in [0, 0.1) is 0 Å². The molecule has 0 bridgehead atoms. The lowest BCUT2D eigenvalue weighted by Gasteiger charge is -2.27. The van der Waals surface area contributed by atoms with Gasteiger partial charge in [-0.1, -0.05) is 11.6 Å². The van der Waals surface area contributed by atoms with Crippen molar-refractivity contribution in [3.05, 3.63) is 28.8 Å². The Hall–Kier alpha value is -0.220. The molecule has 3 rings (SSSR count). The fourth-order valence-electron chi connectivity index (χ4n) is 2.98.